The Morgan fingerprint density at radius 3 is 2.59 bits per heavy atom. The van der Waals surface area contributed by atoms with Gasteiger partial charge < -0.3 is 4.74 Å². The van der Waals surface area contributed by atoms with Gasteiger partial charge in [0, 0.05) is 4.47 Å². The molecular weight excluding hydrogens is 546 g/mol. The van der Waals surface area contributed by atoms with Crippen LogP contribution in [0, 0.1) is 0 Å². The molecule has 2 heterocycles. The molecule has 6 nitrogen and oxygen atoms in total. The fourth-order valence-corrected chi connectivity index (χ4v) is 4.95. The van der Waals surface area contributed by atoms with Crippen LogP contribution in [0.25, 0.3) is 0 Å². The number of nitrogens with zero attached hydrogens (tertiary/aromatic N) is 2. The number of hydrogen-bond donors (Lipinski definition) is 1. The van der Waals surface area contributed by atoms with Crippen LogP contribution in [0.5, 0.6) is 5.75 Å². The molecule has 0 spiro atoms. The summed E-state index contributed by atoms with van der Waals surface area (Å²) < 4.78 is 7.78. The predicted molar refractivity (Wildman–Crippen MR) is 113 cm³/mol. The molecule has 0 aromatic heterocycles. The van der Waals surface area contributed by atoms with Gasteiger partial charge in [-0.2, -0.15) is 0 Å². The maximum atomic E-state index is 13.2. The van der Waals surface area contributed by atoms with Crippen molar-refractivity contribution < 1.29 is 19.3 Å². The van der Waals surface area contributed by atoms with E-state index in [2.05, 4.69) is 52.8 Å². The van der Waals surface area contributed by atoms with Crippen molar-refractivity contribution in [3.05, 3.63) is 43.7 Å². The van der Waals surface area contributed by atoms with Gasteiger partial charge in [0.15, 0.2) is 12.3 Å². The van der Waals surface area contributed by atoms with E-state index in [9.17, 15) is 9.59 Å². The second-order valence-electron chi connectivity index (χ2n) is 5.91. The Balaban J connectivity index is 1.77. The summed E-state index contributed by atoms with van der Waals surface area (Å²) in [5, 5.41) is 0. The maximum Gasteiger partial charge on any atom is 0.337 e. The van der Waals surface area contributed by atoms with Crippen molar-refractivity contribution in [1.29, 1.82) is 0 Å². The number of fused-ring (bicyclic) bond motifs is 3. The minimum atomic E-state index is -0.712. The van der Waals surface area contributed by atoms with E-state index in [4.69, 9.17) is 4.74 Å². The summed E-state index contributed by atoms with van der Waals surface area (Å²) in [7, 11) is 0. The average Bonchev–Trinajstić information content (AvgIpc) is 2.88. The Bertz CT molecular complexity index is 1010. The van der Waals surface area contributed by atoms with Crippen LogP contribution >= 0.6 is 47.8 Å². The van der Waals surface area contributed by atoms with Gasteiger partial charge in [-0.25, -0.2) is 14.7 Å². The Hall–Kier alpha value is -1.71. The standard InChI is InChI=1S/C18H12Br3N3O3/c1-2-27-15-4-3-10(7-11(15)20)23-17(25)14-8-22-16-12(21)5-9(19)6-13(16)24(14)18(23)26/h3-8,14H,2H2,1H3/p+1. The van der Waals surface area contributed by atoms with Crippen LogP contribution < -0.4 is 19.5 Å². The first kappa shape index (κ1) is 18.6. The van der Waals surface area contributed by atoms with Gasteiger partial charge in [-0.1, -0.05) is 15.9 Å². The Kier molecular flexibility index (Phi) is 4.85. The molecule has 3 amide bonds. The lowest BCUT2D eigenvalue weighted by atomic mass is 10.1. The number of benzene rings is 2. The summed E-state index contributed by atoms with van der Waals surface area (Å²) in [6, 6.07) is 7.74. The zero-order valence-corrected chi connectivity index (χ0v) is 18.8. The topological polar surface area (TPSA) is 63.8 Å². The zero-order chi connectivity index (χ0) is 19.3. The molecule has 1 fully saturated rings. The third-order valence-corrected chi connectivity index (χ3v) is 6.00. The van der Waals surface area contributed by atoms with Crippen molar-refractivity contribution in [2.24, 2.45) is 0 Å². The largest absolute Gasteiger partial charge is 0.493 e. The van der Waals surface area contributed by atoms with Gasteiger partial charge in [-0.05, 0) is 69.1 Å². The van der Waals surface area contributed by atoms with E-state index >= 15 is 0 Å². The molecule has 1 atom stereocenters. The maximum absolute atomic E-state index is 13.2. The highest BCUT2D eigenvalue weighted by Gasteiger charge is 2.51. The summed E-state index contributed by atoms with van der Waals surface area (Å²) in [6.45, 7) is 2.42. The number of ether oxygens (including phenoxy) is 1. The highest BCUT2D eigenvalue weighted by Crippen LogP contribution is 2.40. The third kappa shape index (κ3) is 3.01. The molecule has 0 aliphatic carbocycles. The number of amides is 3. The van der Waals surface area contributed by atoms with E-state index in [1.54, 1.807) is 24.4 Å². The number of anilines is 2. The van der Waals surface area contributed by atoms with Crippen LogP contribution in [0.3, 0.4) is 0 Å². The summed E-state index contributed by atoms with van der Waals surface area (Å²) in [6.07, 6.45) is 1.63. The van der Waals surface area contributed by atoms with Gasteiger partial charge in [-0.15, -0.1) is 0 Å². The third-order valence-electron chi connectivity index (χ3n) is 4.30. The first-order chi connectivity index (χ1) is 12.9. The van der Waals surface area contributed by atoms with E-state index in [-0.39, 0.29) is 5.91 Å². The summed E-state index contributed by atoms with van der Waals surface area (Å²) in [5.74, 6) is 0.342. The molecular formula is C18H13Br3N3O3+. The number of halogens is 3. The molecule has 9 heteroatoms. The van der Waals surface area contributed by atoms with Gasteiger partial charge in [0.1, 0.15) is 11.4 Å². The number of carbonyl (C=O) groups is 2. The van der Waals surface area contributed by atoms with Gasteiger partial charge in [0.25, 0.3) is 5.91 Å². The molecule has 0 radical (unpaired) electrons. The van der Waals surface area contributed by atoms with Crippen LogP contribution in [0.2, 0.25) is 0 Å². The second kappa shape index (κ2) is 7.03. The van der Waals surface area contributed by atoms with Crippen LogP contribution in [0.4, 0.5) is 21.9 Å². The summed E-state index contributed by atoms with van der Waals surface area (Å²) >= 11 is 10.4. The minimum absolute atomic E-state index is 0.315. The van der Waals surface area contributed by atoms with Crippen molar-refractivity contribution in [3.63, 3.8) is 0 Å². The highest BCUT2D eigenvalue weighted by molar-refractivity contribution is 9.11. The fourth-order valence-electron chi connectivity index (χ4n) is 3.16. The van der Waals surface area contributed by atoms with E-state index in [0.29, 0.717) is 28.2 Å². The number of rotatable bonds is 3. The highest BCUT2D eigenvalue weighted by atomic mass is 79.9. The van der Waals surface area contributed by atoms with E-state index in [1.165, 1.54) is 9.80 Å². The lowest BCUT2D eigenvalue weighted by molar-refractivity contribution is -0.350. The molecule has 1 N–H and O–H groups in total. The number of imide groups is 1. The Morgan fingerprint density at radius 1 is 1.11 bits per heavy atom. The molecule has 27 heavy (non-hydrogen) atoms. The summed E-state index contributed by atoms with van der Waals surface area (Å²) in [4.78, 5) is 31.9. The van der Waals surface area contributed by atoms with Crippen LogP contribution in [-0.2, 0) is 4.79 Å². The lowest BCUT2D eigenvalue weighted by Gasteiger charge is -2.21. The number of urea groups is 1. The van der Waals surface area contributed by atoms with Gasteiger partial charge in [0.2, 0.25) is 5.69 Å². The first-order valence-corrected chi connectivity index (χ1v) is 10.5. The zero-order valence-electron chi connectivity index (χ0n) is 14.0. The van der Waals surface area contributed by atoms with E-state index < -0.39 is 12.1 Å². The Morgan fingerprint density at radius 2 is 1.89 bits per heavy atom. The number of carbonyl (C=O) groups excluding carboxylic acids is 2. The number of hydrogen-bond acceptors (Lipinski definition) is 3. The second-order valence-corrected chi connectivity index (χ2v) is 8.54. The Labute approximate surface area is 180 Å². The smallest absolute Gasteiger partial charge is 0.337 e. The summed E-state index contributed by atoms with van der Waals surface area (Å²) in [5.41, 5.74) is 1.86. The van der Waals surface area contributed by atoms with Crippen molar-refractivity contribution in [1.82, 2.24) is 0 Å². The fraction of sp³-hybridized carbons (Fsp3) is 0.167. The lowest BCUT2D eigenvalue weighted by Crippen LogP contribution is -2.69. The molecule has 2 aliphatic rings. The molecule has 4 rings (SSSR count). The minimum Gasteiger partial charge on any atom is -0.493 e. The van der Waals surface area contributed by atoms with Crippen molar-refractivity contribution in [2.75, 3.05) is 16.4 Å². The quantitative estimate of drug-likeness (QED) is 0.587. The molecule has 0 bridgehead atoms. The monoisotopic (exact) mass is 556 g/mol. The van der Waals surface area contributed by atoms with Gasteiger partial charge in [0.05, 0.1) is 21.2 Å². The number of nitrogens with one attached hydrogen (secondary N) is 1. The molecule has 0 saturated carbocycles. The molecule has 2 aromatic carbocycles. The van der Waals surface area contributed by atoms with Crippen LogP contribution in [-0.4, -0.2) is 30.8 Å². The average molecular weight is 559 g/mol. The van der Waals surface area contributed by atoms with Crippen molar-refractivity contribution in [2.45, 2.75) is 13.0 Å². The SMILES string of the molecule is CCOc1ccc(N2C(=O)C3C=[NH+]c4c(Br)cc(Br)cc4N3C2=O)cc1Br. The molecule has 2 aromatic rings. The first-order valence-electron chi connectivity index (χ1n) is 8.10. The molecule has 2 aliphatic heterocycles. The van der Waals surface area contributed by atoms with Crippen molar-refractivity contribution >= 4 is 83.0 Å². The molecule has 1 unspecified atom stereocenters. The molecule has 1 saturated heterocycles. The predicted octanol–water partition coefficient (Wildman–Crippen LogP) is 3.51. The normalized spacial score (nSPS) is 18.0. The van der Waals surface area contributed by atoms with Crippen LogP contribution in [0.1, 0.15) is 6.92 Å². The molecule has 138 valence electrons. The van der Waals surface area contributed by atoms with Gasteiger partial charge in [-0.3, -0.25) is 9.69 Å². The van der Waals surface area contributed by atoms with E-state index in [1.807, 2.05) is 19.1 Å². The van der Waals surface area contributed by atoms with Crippen LogP contribution in [0.15, 0.2) is 43.7 Å². The van der Waals surface area contributed by atoms with Crippen molar-refractivity contribution in [3.8, 4) is 5.75 Å². The van der Waals surface area contributed by atoms with Gasteiger partial charge >= 0.3 is 6.03 Å². The van der Waals surface area contributed by atoms with E-state index in [0.717, 1.165) is 14.6 Å².